The molecule has 2 amide bonds. The predicted octanol–water partition coefficient (Wildman–Crippen LogP) is 2.18. The van der Waals surface area contributed by atoms with Gasteiger partial charge in [-0.25, -0.2) is 0 Å². The van der Waals surface area contributed by atoms with Gasteiger partial charge in [-0.2, -0.15) is 0 Å². The topological polar surface area (TPSA) is 56.3 Å². The number of carbonyl (C=O) groups is 2. The van der Waals surface area contributed by atoms with Crippen LogP contribution < -0.4 is 4.74 Å². The summed E-state index contributed by atoms with van der Waals surface area (Å²) in [6, 6.07) is 7.90. The predicted molar refractivity (Wildman–Crippen MR) is 125 cm³/mol. The van der Waals surface area contributed by atoms with Crippen LogP contribution in [0.2, 0.25) is 0 Å². The summed E-state index contributed by atoms with van der Waals surface area (Å²) in [7, 11) is 1.63. The molecule has 3 aliphatic heterocycles. The molecule has 0 radical (unpaired) electrons. The quantitative estimate of drug-likeness (QED) is 0.700. The molecule has 0 bridgehead atoms. The summed E-state index contributed by atoms with van der Waals surface area (Å²) >= 11 is 0. The molecule has 0 aliphatic carbocycles. The fraction of sp³-hybridized carbons (Fsp3) is 0.680. The van der Waals surface area contributed by atoms with Crippen molar-refractivity contribution in [3.8, 4) is 5.75 Å². The van der Waals surface area contributed by atoms with E-state index in [9.17, 15) is 9.59 Å². The normalized spacial score (nSPS) is 22.2. The van der Waals surface area contributed by atoms with E-state index in [0.717, 1.165) is 95.9 Å². The van der Waals surface area contributed by atoms with Gasteiger partial charge in [-0.1, -0.05) is 6.92 Å². The van der Waals surface area contributed by atoms with Gasteiger partial charge in [0.2, 0.25) is 5.91 Å². The Hall–Kier alpha value is -2.12. The third-order valence-electron chi connectivity index (χ3n) is 7.62. The Morgan fingerprint density at radius 3 is 2.03 bits per heavy atom. The number of likely N-dealkylation sites (N-methyl/N-ethyl adjacent to an activating group) is 1. The molecule has 0 unspecified atom stereocenters. The van der Waals surface area contributed by atoms with Gasteiger partial charge in [-0.15, -0.1) is 0 Å². The fourth-order valence-electron chi connectivity index (χ4n) is 5.40. The summed E-state index contributed by atoms with van der Waals surface area (Å²) in [6.07, 6.45) is 3.97. The van der Waals surface area contributed by atoms with Crippen molar-refractivity contribution in [3.05, 3.63) is 29.8 Å². The minimum atomic E-state index is 0.110. The second kappa shape index (κ2) is 10.7. The van der Waals surface area contributed by atoms with Crippen LogP contribution in [0.5, 0.6) is 5.75 Å². The first kappa shape index (κ1) is 23.1. The third kappa shape index (κ3) is 5.26. The highest BCUT2D eigenvalue weighted by Crippen LogP contribution is 2.26. The first-order valence-corrected chi connectivity index (χ1v) is 12.3. The Morgan fingerprint density at radius 1 is 0.844 bits per heavy atom. The van der Waals surface area contributed by atoms with E-state index in [1.54, 1.807) is 7.11 Å². The first-order valence-electron chi connectivity index (χ1n) is 12.3. The number of hydrogen-bond donors (Lipinski definition) is 0. The molecule has 4 rings (SSSR count). The molecule has 3 saturated heterocycles. The minimum Gasteiger partial charge on any atom is -0.497 e. The summed E-state index contributed by atoms with van der Waals surface area (Å²) in [5.74, 6) is 1.44. The van der Waals surface area contributed by atoms with Crippen LogP contribution in [0, 0.1) is 5.92 Å². The van der Waals surface area contributed by atoms with E-state index in [1.165, 1.54) is 0 Å². The number of carbonyl (C=O) groups excluding carboxylic acids is 2. The van der Waals surface area contributed by atoms with Crippen molar-refractivity contribution >= 4 is 11.8 Å². The summed E-state index contributed by atoms with van der Waals surface area (Å²) in [4.78, 5) is 34.8. The molecule has 7 heteroatoms. The second-order valence-electron chi connectivity index (χ2n) is 9.32. The molecule has 3 heterocycles. The zero-order chi connectivity index (χ0) is 22.5. The van der Waals surface area contributed by atoms with E-state index in [0.29, 0.717) is 11.9 Å². The lowest BCUT2D eigenvalue weighted by Gasteiger charge is -2.42. The van der Waals surface area contributed by atoms with Crippen LogP contribution in [-0.2, 0) is 4.79 Å². The van der Waals surface area contributed by atoms with Gasteiger partial charge in [-0.05, 0) is 69.6 Å². The maximum atomic E-state index is 13.0. The van der Waals surface area contributed by atoms with Gasteiger partial charge in [0.05, 0.1) is 7.11 Å². The van der Waals surface area contributed by atoms with Crippen molar-refractivity contribution in [1.29, 1.82) is 0 Å². The highest BCUT2D eigenvalue weighted by atomic mass is 16.5. The van der Waals surface area contributed by atoms with Crippen molar-refractivity contribution in [1.82, 2.24) is 19.6 Å². The summed E-state index contributed by atoms with van der Waals surface area (Å²) in [5, 5.41) is 0. The zero-order valence-electron chi connectivity index (χ0n) is 19.7. The molecule has 3 fully saturated rings. The number of hydrogen-bond acceptors (Lipinski definition) is 5. The number of benzene rings is 1. The SMILES string of the molecule is CCN1CCN(C(=O)C2CCN(C3CCN(C(=O)c4ccc(OC)cc4)CC3)CC2)CC1. The van der Waals surface area contributed by atoms with Gasteiger partial charge in [0.1, 0.15) is 5.75 Å². The lowest BCUT2D eigenvalue weighted by Crippen LogP contribution is -2.53. The van der Waals surface area contributed by atoms with Crippen LogP contribution in [0.25, 0.3) is 0 Å². The Morgan fingerprint density at radius 2 is 1.47 bits per heavy atom. The van der Waals surface area contributed by atoms with Crippen molar-refractivity contribution in [2.45, 2.75) is 38.6 Å². The van der Waals surface area contributed by atoms with Gasteiger partial charge in [0, 0.05) is 56.8 Å². The highest BCUT2D eigenvalue weighted by Gasteiger charge is 2.34. The van der Waals surface area contributed by atoms with Gasteiger partial charge >= 0.3 is 0 Å². The molecule has 7 nitrogen and oxygen atoms in total. The summed E-state index contributed by atoms with van der Waals surface area (Å²) in [6.45, 7) is 10.7. The van der Waals surface area contributed by atoms with E-state index < -0.39 is 0 Å². The number of piperazine rings is 1. The molecule has 0 atom stereocenters. The van der Waals surface area contributed by atoms with Crippen molar-refractivity contribution in [2.24, 2.45) is 5.92 Å². The van der Waals surface area contributed by atoms with E-state index in [2.05, 4.69) is 21.6 Å². The highest BCUT2D eigenvalue weighted by molar-refractivity contribution is 5.94. The van der Waals surface area contributed by atoms with Crippen LogP contribution in [-0.4, -0.2) is 103 Å². The molecule has 0 spiro atoms. The Kier molecular flexibility index (Phi) is 7.68. The average molecular weight is 443 g/mol. The van der Waals surface area contributed by atoms with E-state index in [1.807, 2.05) is 29.2 Å². The second-order valence-corrected chi connectivity index (χ2v) is 9.32. The molecule has 176 valence electrons. The van der Waals surface area contributed by atoms with Gasteiger partial charge < -0.3 is 24.3 Å². The standard InChI is InChI=1S/C25H38N4O3/c1-3-26-16-18-29(19-17-26)25(31)21-8-12-27(13-9-21)22-10-14-28(15-11-22)24(30)20-4-6-23(32-2)7-5-20/h4-7,21-22H,3,8-19H2,1-2H3. The molecule has 0 aromatic heterocycles. The van der Waals surface area contributed by atoms with Crippen LogP contribution in [0.15, 0.2) is 24.3 Å². The molecule has 0 N–H and O–H groups in total. The molecule has 0 saturated carbocycles. The van der Waals surface area contributed by atoms with Crippen LogP contribution in [0.3, 0.4) is 0 Å². The maximum Gasteiger partial charge on any atom is 0.253 e. The largest absolute Gasteiger partial charge is 0.497 e. The Labute approximate surface area is 192 Å². The van der Waals surface area contributed by atoms with Crippen molar-refractivity contribution in [3.63, 3.8) is 0 Å². The van der Waals surface area contributed by atoms with Crippen LogP contribution in [0.4, 0.5) is 0 Å². The Balaban J connectivity index is 1.21. The number of piperidine rings is 2. The number of ether oxygens (including phenoxy) is 1. The smallest absolute Gasteiger partial charge is 0.253 e. The van der Waals surface area contributed by atoms with E-state index in [4.69, 9.17) is 4.74 Å². The molecule has 3 aliphatic rings. The minimum absolute atomic E-state index is 0.110. The van der Waals surface area contributed by atoms with Gasteiger partial charge in [0.25, 0.3) is 5.91 Å². The van der Waals surface area contributed by atoms with Crippen LogP contribution >= 0.6 is 0 Å². The Bertz CT molecular complexity index is 760. The molecule has 1 aromatic rings. The van der Waals surface area contributed by atoms with E-state index >= 15 is 0 Å². The van der Waals surface area contributed by atoms with Gasteiger partial charge in [0.15, 0.2) is 0 Å². The lowest BCUT2D eigenvalue weighted by atomic mass is 9.92. The number of nitrogens with zero attached hydrogens (tertiary/aromatic N) is 4. The van der Waals surface area contributed by atoms with Crippen LogP contribution in [0.1, 0.15) is 43.0 Å². The zero-order valence-corrected chi connectivity index (χ0v) is 19.7. The molecule has 32 heavy (non-hydrogen) atoms. The van der Waals surface area contributed by atoms with Crippen molar-refractivity contribution < 1.29 is 14.3 Å². The number of likely N-dealkylation sites (tertiary alicyclic amines) is 2. The lowest BCUT2D eigenvalue weighted by molar-refractivity contribution is -0.139. The first-order chi connectivity index (χ1) is 15.6. The number of amides is 2. The molecular weight excluding hydrogens is 404 g/mol. The van der Waals surface area contributed by atoms with E-state index in [-0.39, 0.29) is 11.8 Å². The average Bonchev–Trinajstić information content (AvgIpc) is 2.88. The van der Waals surface area contributed by atoms with Crippen molar-refractivity contribution in [2.75, 3.05) is 66.0 Å². The monoisotopic (exact) mass is 442 g/mol. The number of rotatable bonds is 5. The third-order valence-corrected chi connectivity index (χ3v) is 7.62. The summed E-state index contributed by atoms with van der Waals surface area (Å²) in [5.41, 5.74) is 0.725. The number of methoxy groups -OCH3 is 1. The summed E-state index contributed by atoms with van der Waals surface area (Å²) < 4.78 is 5.19. The fourth-order valence-corrected chi connectivity index (χ4v) is 5.40. The van der Waals surface area contributed by atoms with Gasteiger partial charge in [-0.3, -0.25) is 9.59 Å². The molecule has 1 aromatic carbocycles. The maximum absolute atomic E-state index is 13.0. The molecular formula is C25H38N4O3.